The van der Waals surface area contributed by atoms with Gasteiger partial charge in [-0.25, -0.2) is 0 Å². The fourth-order valence-corrected chi connectivity index (χ4v) is 4.78. The van der Waals surface area contributed by atoms with E-state index in [2.05, 4.69) is 6.08 Å². The Hall–Kier alpha value is -1.77. The van der Waals surface area contributed by atoms with Crippen molar-refractivity contribution in [2.45, 2.75) is 37.2 Å². The quantitative estimate of drug-likeness (QED) is 0.774. The first-order valence-electron chi connectivity index (χ1n) is 6.97. The van der Waals surface area contributed by atoms with Gasteiger partial charge < -0.3 is 9.84 Å². The van der Waals surface area contributed by atoms with E-state index in [0.717, 1.165) is 24.8 Å². The molecule has 1 aromatic rings. The molecule has 1 aliphatic heterocycles. The third-order valence-electron chi connectivity index (χ3n) is 5.54. The summed E-state index contributed by atoms with van der Waals surface area (Å²) in [5, 5.41) is 10.1. The van der Waals surface area contributed by atoms with Gasteiger partial charge in [0, 0.05) is 12.0 Å². The van der Waals surface area contributed by atoms with Crippen LogP contribution >= 0.6 is 0 Å². The highest BCUT2D eigenvalue weighted by Crippen LogP contribution is 2.66. The average molecular weight is 254 g/mol. The largest absolute Gasteiger partial charge is 0.504 e. The minimum Gasteiger partial charge on any atom is -0.504 e. The van der Waals surface area contributed by atoms with Gasteiger partial charge in [0.15, 0.2) is 23.4 Å². The van der Waals surface area contributed by atoms with Gasteiger partial charge in [0.1, 0.15) is 0 Å². The molecular weight excluding hydrogens is 240 g/mol. The number of hydrogen-bond donors (Lipinski definition) is 1. The fraction of sp³-hybridized carbons (Fsp3) is 0.438. The van der Waals surface area contributed by atoms with Crippen LogP contribution in [0.5, 0.6) is 11.5 Å². The number of benzene rings is 1. The number of ether oxygens (including phenoxy) is 1. The number of carbonyl (C=O) groups is 1. The lowest BCUT2D eigenvalue weighted by Gasteiger charge is -2.43. The minimum absolute atomic E-state index is 0.164. The maximum atomic E-state index is 12.3. The standard InChI is InChI=1S/C16H14O3/c17-11-6-4-10-8-1-2-9-3-5-12(18)15-16(9,7-8)13(10)14(11)19-15/h1,4,6,9,15,17H,2-3,5,7H2. The molecule has 5 rings (SSSR count). The first-order chi connectivity index (χ1) is 9.22. The number of allylic oxidation sites excluding steroid dienone is 2. The number of fused-ring (bicyclic) bond motifs is 2. The van der Waals surface area contributed by atoms with Gasteiger partial charge in [-0.3, -0.25) is 4.79 Å². The smallest absolute Gasteiger partial charge is 0.174 e. The molecule has 3 nitrogen and oxygen atoms in total. The van der Waals surface area contributed by atoms with Crippen molar-refractivity contribution in [3.63, 3.8) is 0 Å². The lowest BCUT2D eigenvalue weighted by Crippen LogP contribution is -2.51. The number of ketones is 1. The number of carbonyl (C=O) groups excluding carboxylic acids is 1. The van der Waals surface area contributed by atoms with Gasteiger partial charge in [-0.05, 0) is 42.4 Å². The Labute approximate surface area is 110 Å². The first-order valence-corrected chi connectivity index (χ1v) is 6.97. The third-order valence-corrected chi connectivity index (χ3v) is 5.54. The normalized spacial score (nSPS) is 36.8. The molecule has 96 valence electrons. The lowest BCUT2D eigenvalue weighted by atomic mass is 9.59. The Balaban J connectivity index is 1.90. The van der Waals surface area contributed by atoms with Gasteiger partial charge in [-0.1, -0.05) is 12.1 Å². The van der Waals surface area contributed by atoms with Crippen molar-refractivity contribution in [1.82, 2.24) is 0 Å². The fourth-order valence-electron chi connectivity index (χ4n) is 4.78. The van der Waals surface area contributed by atoms with Crippen LogP contribution in [0.4, 0.5) is 0 Å². The SMILES string of the molecule is O=C1CCC2CC=C3CC24c2c3ccc(O)c2OC14. The number of rotatable bonds is 0. The molecule has 1 heterocycles. The molecule has 3 unspecified atom stereocenters. The Bertz CT molecular complexity index is 673. The van der Waals surface area contributed by atoms with E-state index in [0.29, 0.717) is 18.1 Å². The van der Waals surface area contributed by atoms with Crippen molar-refractivity contribution in [3.05, 3.63) is 29.3 Å². The summed E-state index contributed by atoms with van der Waals surface area (Å²) < 4.78 is 5.91. The van der Waals surface area contributed by atoms with Crippen LogP contribution in [-0.2, 0) is 10.2 Å². The van der Waals surface area contributed by atoms with Crippen LogP contribution in [0.2, 0.25) is 0 Å². The van der Waals surface area contributed by atoms with Crippen LogP contribution in [0.25, 0.3) is 5.57 Å². The predicted octanol–water partition coefficient (Wildman–Crippen LogP) is 2.56. The second-order valence-electron chi connectivity index (χ2n) is 6.22. The highest BCUT2D eigenvalue weighted by molar-refractivity contribution is 5.93. The Morgan fingerprint density at radius 3 is 3.16 bits per heavy atom. The van der Waals surface area contributed by atoms with Crippen molar-refractivity contribution < 1.29 is 14.6 Å². The van der Waals surface area contributed by atoms with Gasteiger partial charge in [0.05, 0.1) is 5.41 Å². The molecule has 3 heteroatoms. The van der Waals surface area contributed by atoms with E-state index in [-0.39, 0.29) is 23.1 Å². The van der Waals surface area contributed by atoms with E-state index >= 15 is 0 Å². The summed E-state index contributed by atoms with van der Waals surface area (Å²) in [6.45, 7) is 0. The van der Waals surface area contributed by atoms with Gasteiger partial charge in [0.2, 0.25) is 0 Å². The first kappa shape index (κ1) is 10.1. The van der Waals surface area contributed by atoms with E-state index in [1.165, 1.54) is 11.1 Å². The lowest BCUT2D eigenvalue weighted by molar-refractivity contribution is -0.132. The molecule has 0 radical (unpaired) electrons. The second-order valence-corrected chi connectivity index (χ2v) is 6.22. The summed E-state index contributed by atoms with van der Waals surface area (Å²) in [5.41, 5.74) is 3.50. The molecule has 0 saturated heterocycles. The molecule has 1 fully saturated rings. The summed E-state index contributed by atoms with van der Waals surface area (Å²) in [6.07, 6.45) is 5.49. The highest BCUT2D eigenvalue weighted by atomic mass is 16.5. The van der Waals surface area contributed by atoms with Gasteiger partial charge >= 0.3 is 0 Å². The van der Waals surface area contributed by atoms with E-state index in [1.807, 2.05) is 6.07 Å². The molecule has 2 bridgehead atoms. The van der Waals surface area contributed by atoms with Crippen LogP contribution in [0.1, 0.15) is 36.8 Å². The molecule has 1 spiro atoms. The molecular formula is C16H14O3. The number of phenolic OH excluding ortho intramolecular Hbond substituents is 1. The zero-order valence-electron chi connectivity index (χ0n) is 10.5. The van der Waals surface area contributed by atoms with E-state index in [4.69, 9.17) is 4.74 Å². The number of hydrogen-bond acceptors (Lipinski definition) is 3. The second kappa shape index (κ2) is 2.87. The van der Waals surface area contributed by atoms with Crippen molar-refractivity contribution in [1.29, 1.82) is 0 Å². The summed E-state index contributed by atoms with van der Waals surface area (Å²) in [7, 11) is 0. The third kappa shape index (κ3) is 0.906. The van der Waals surface area contributed by atoms with Crippen LogP contribution in [0, 0.1) is 5.92 Å². The average Bonchev–Trinajstić information content (AvgIpc) is 2.87. The van der Waals surface area contributed by atoms with Crippen LogP contribution in [0.15, 0.2) is 18.2 Å². The maximum absolute atomic E-state index is 12.3. The van der Waals surface area contributed by atoms with E-state index in [1.54, 1.807) is 6.07 Å². The zero-order chi connectivity index (χ0) is 12.8. The van der Waals surface area contributed by atoms with Gasteiger partial charge in [-0.15, -0.1) is 0 Å². The number of Topliss-reactive ketones (excluding diaryl/α,β-unsaturated/α-hetero) is 1. The Morgan fingerprint density at radius 1 is 1.37 bits per heavy atom. The maximum Gasteiger partial charge on any atom is 0.174 e. The van der Waals surface area contributed by atoms with E-state index in [9.17, 15) is 9.90 Å². The minimum atomic E-state index is -0.362. The molecule has 4 aliphatic rings. The van der Waals surface area contributed by atoms with Crippen molar-refractivity contribution in [2.75, 3.05) is 0 Å². The van der Waals surface area contributed by atoms with Crippen molar-refractivity contribution in [3.8, 4) is 11.5 Å². The number of phenols is 1. The van der Waals surface area contributed by atoms with Crippen molar-refractivity contribution >= 4 is 11.4 Å². The Morgan fingerprint density at radius 2 is 2.26 bits per heavy atom. The number of aromatic hydroxyl groups is 1. The van der Waals surface area contributed by atoms with Crippen molar-refractivity contribution in [2.24, 2.45) is 5.92 Å². The van der Waals surface area contributed by atoms with Crippen LogP contribution < -0.4 is 4.74 Å². The molecule has 1 aromatic carbocycles. The zero-order valence-corrected chi connectivity index (χ0v) is 10.5. The van der Waals surface area contributed by atoms with E-state index < -0.39 is 0 Å². The Kier molecular flexibility index (Phi) is 1.52. The van der Waals surface area contributed by atoms with Crippen LogP contribution in [-0.4, -0.2) is 17.0 Å². The van der Waals surface area contributed by atoms with Gasteiger partial charge in [-0.2, -0.15) is 0 Å². The van der Waals surface area contributed by atoms with Gasteiger partial charge in [0.25, 0.3) is 0 Å². The summed E-state index contributed by atoms with van der Waals surface area (Å²) >= 11 is 0. The summed E-state index contributed by atoms with van der Waals surface area (Å²) in [5.74, 6) is 1.46. The highest BCUT2D eigenvalue weighted by Gasteiger charge is 2.64. The topological polar surface area (TPSA) is 46.5 Å². The predicted molar refractivity (Wildman–Crippen MR) is 69.1 cm³/mol. The molecule has 1 saturated carbocycles. The molecule has 0 aromatic heterocycles. The molecule has 3 atom stereocenters. The summed E-state index contributed by atoms with van der Waals surface area (Å²) in [6, 6.07) is 3.69. The monoisotopic (exact) mass is 254 g/mol. The molecule has 3 aliphatic carbocycles. The molecule has 19 heavy (non-hydrogen) atoms. The molecule has 0 amide bonds. The van der Waals surface area contributed by atoms with Crippen LogP contribution in [0.3, 0.4) is 0 Å². The molecule has 1 N–H and O–H groups in total. The summed E-state index contributed by atoms with van der Waals surface area (Å²) in [4.78, 5) is 12.3.